The molecule has 0 bridgehead atoms. The van der Waals surface area contributed by atoms with Gasteiger partial charge in [-0.05, 0) is 17.5 Å². The van der Waals surface area contributed by atoms with Crippen molar-refractivity contribution in [3.05, 3.63) is 47.6 Å². The summed E-state index contributed by atoms with van der Waals surface area (Å²) < 4.78 is 5.69. The Bertz CT molecular complexity index is 1010. The SMILES string of the molecule is O=C(CN1CCN(c2ncnc3sccc23)CC1)NC1CCOc2ccccc21. The number of hydrogen-bond acceptors (Lipinski definition) is 7. The number of nitrogens with one attached hydrogen (secondary N) is 1. The third-order valence-corrected chi connectivity index (χ3v) is 6.39. The molecule has 29 heavy (non-hydrogen) atoms. The Kier molecular flexibility index (Phi) is 5.03. The second-order valence-corrected chi connectivity index (χ2v) is 8.29. The fourth-order valence-electron chi connectivity index (χ4n) is 4.08. The van der Waals surface area contributed by atoms with E-state index in [4.69, 9.17) is 4.74 Å². The Morgan fingerprint density at radius 3 is 2.93 bits per heavy atom. The van der Waals surface area contributed by atoms with Gasteiger partial charge in [-0.15, -0.1) is 11.3 Å². The summed E-state index contributed by atoms with van der Waals surface area (Å²) in [6.45, 7) is 4.45. The maximum atomic E-state index is 12.7. The lowest BCUT2D eigenvalue weighted by molar-refractivity contribution is -0.123. The number of amides is 1. The Hall–Kier alpha value is -2.71. The molecule has 1 aromatic carbocycles. The summed E-state index contributed by atoms with van der Waals surface area (Å²) in [5.74, 6) is 1.95. The van der Waals surface area contributed by atoms with Crippen LogP contribution < -0.4 is 15.0 Å². The van der Waals surface area contributed by atoms with Gasteiger partial charge in [0.05, 0.1) is 24.6 Å². The number of nitrogens with zero attached hydrogens (tertiary/aromatic N) is 4. The van der Waals surface area contributed by atoms with Gasteiger partial charge in [0.25, 0.3) is 0 Å². The van der Waals surface area contributed by atoms with Crippen LogP contribution in [0.3, 0.4) is 0 Å². The van der Waals surface area contributed by atoms with Crippen molar-refractivity contribution >= 4 is 33.3 Å². The van der Waals surface area contributed by atoms with E-state index in [1.807, 2.05) is 24.3 Å². The smallest absolute Gasteiger partial charge is 0.234 e. The van der Waals surface area contributed by atoms with Crippen LogP contribution in [0.15, 0.2) is 42.0 Å². The van der Waals surface area contributed by atoms with Gasteiger partial charge in [0.15, 0.2) is 0 Å². The van der Waals surface area contributed by atoms with Crippen LogP contribution in [0.25, 0.3) is 10.2 Å². The zero-order chi connectivity index (χ0) is 19.6. The van der Waals surface area contributed by atoms with Crippen LogP contribution in [0.5, 0.6) is 5.75 Å². The van der Waals surface area contributed by atoms with E-state index in [1.165, 1.54) is 0 Å². The van der Waals surface area contributed by atoms with Crippen LogP contribution in [0.4, 0.5) is 5.82 Å². The summed E-state index contributed by atoms with van der Waals surface area (Å²) in [5, 5.41) is 6.36. The summed E-state index contributed by atoms with van der Waals surface area (Å²) in [4.78, 5) is 27.0. The van der Waals surface area contributed by atoms with Gasteiger partial charge in [0.2, 0.25) is 5.91 Å². The molecule has 3 aromatic rings. The first-order valence-corrected chi connectivity index (χ1v) is 10.8. The zero-order valence-electron chi connectivity index (χ0n) is 16.1. The number of rotatable bonds is 4. The second-order valence-electron chi connectivity index (χ2n) is 7.39. The number of fused-ring (bicyclic) bond motifs is 2. The normalized spacial score (nSPS) is 19.6. The van der Waals surface area contributed by atoms with Crippen LogP contribution in [-0.4, -0.2) is 60.1 Å². The van der Waals surface area contributed by atoms with E-state index in [-0.39, 0.29) is 11.9 Å². The van der Waals surface area contributed by atoms with Crippen LogP contribution in [0.1, 0.15) is 18.0 Å². The molecule has 0 radical (unpaired) electrons. The topological polar surface area (TPSA) is 70.6 Å². The molecular weight excluding hydrogens is 386 g/mol. The highest BCUT2D eigenvalue weighted by molar-refractivity contribution is 7.16. The van der Waals surface area contributed by atoms with Crippen LogP contribution in [-0.2, 0) is 4.79 Å². The van der Waals surface area contributed by atoms with Gasteiger partial charge < -0.3 is 15.0 Å². The lowest BCUT2D eigenvalue weighted by Gasteiger charge is -2.35. The molecule has 1 amide bonds. The van der Waals surface area contributed by atoms with E-state index < -0.39 is 0 Å². The quantitative estimate of drug-likeness (QED) is 0.714. The number of aromatic nitrogens is 2. The minimum Gasteiger partial charge on any atom is -0.493 e. The molecule has 1 N–H and O–H groups in total. The van der Waals surface area contributed by atoms with Crippen molar-refractivity contribution in [2.24, 2.45) is 0 Å². The molecule has 2 aromatic heterocycles. The highest BCUT2D eigenvalue weighted by Crippen LogP contribution is 2.31. The number of anilines is 1. The summed E-state index contributed by atoms with van der Waals surface area (Å²) in [7, 11) is 0. The van der Waals surface area contributed by atoms with Crippen molar-refractivity contribution < 1.29 is 9.53 Å². The molecule has 1 fully saturated rings. The first-order chi connectivity index (χ1) is 14.3. The fourth-order valence-corrected chi connectivity index (χ4v) is 4.81. The molecule has 150 valence electrons. The average molecular weight is 410 g/mol. The van der Waals surface area contributed by atoms with Gasteiger partial charge >= 0.3 is 0 Å². The first-order valence-electron chi connectivity index (χ1n) is 9.94. The maximum absolute atomic E-state index is 12.7. The monoisotopic (exact) mass is 409 g/mol. The number of thiophene rings is 1. The van der Waals surface area contributed by atoms with E-state index in [2.05, 4.69) is 36.5 Å². The minimum atomic E-state index is 0.0293. The van der Waals surface area contributed by atoms with Crippen molar-refractivity contribution in [3.63, 3.8) is 0 Å². The van der Waals surface area contributed by atoms with E-state index in [1.54, 1.807) is 17.7 Å². The van der Waals surface area contributed by atoms with Crippen molar-refractivity contribution in [1.29, 1.82) is 0 Å². The van der Waals surface area contributed by atoms with Gasteiger partial charge in [-0.2, -0.15) is 0 Å². The van der Waals surface area contributed by atoms with Crippen molar-refractivity contribution in [2.75, 3.05) is 44.2 Å². The van der Waals surface area contributed by atoms with Crippen molar-refractivity contribution in [2.45, 2.75) is 12.5 Å². The van der Waals surface area contributed by atoms with E-state index in [0.717, 1.165) is 59.9 Å². The minimum absolute atomic E-state index is 0.0293. The lowest BCUT2D eigenvalue weighted by Crippen LogP contribution is -2.50. The summed E-state index contributed by atoms with van der Waals surface area (Å²) in [6, 6.07) is 10.1. The summed E-state index contributed by atoms with van der Waals surface area (Å²) in [5.41, 5.74) is 1.07. The second kappa shape index (κ2) is 7.96. The Morgan fingerprint density at radius 2 is 2.03 bits per heavy atom. The fraction of sp³-hybridized carbons (Fsp3) is 0.381. The molecule has 8 heteroatoms. The van der Waals surface area contributed by atoms with Gasteiger partial charge in [0.1, 0.15) is 22.7 Å². The molecule has 0 saturated carbocycles. The molecule has 0 aliphatic carbocycles. The van der Waals surface area contributed by atoms with Gasteiger partial charge in [-0.1, -0.05) is 18.2 Å². The Morgan fingerprint density at radius 1 is 1.17 bits per heavy atom. The van der Waals surface area contributed by atoms with E-state index >= 15 is 0 Å². The molecule has 0 spiro atoms. The van der Waals surface area contributed by atoms with Crippen molar-refractivity contribution in [3.8, 4) is 5.75 Å². The lowest BCUT2D eigenvalue weighted by atomic mass is 10.0. The molecule has 1 saturated heterocycles. The van der Waals surface area contributed by atoms with E-state index in [9.17, 15) is 4.79 Å². The number of piperazine rings is 1. The van der Waals surface area contributed by atoms with Gasteiger partial charge in [-0.3, -0.25) is 9.69 Å². The standard InChI is InChI=1S/C21H23N5O2S/c27-19(24-17-5-11-28-18-4-2-1-3-15(17)18)13-25-7-9-26(10-8-25)20-16-6-12-29-21(16)23-14-22-20/h1-4,6,12,14,17H,5,7-11,13H2,(H,24,27). The van der Waals surface area contributed by atoms with Crippen LogP contribution in [0.2, 0.25) is 0 Å². The third-order valence-electron chi connectivity index (χ3n) is 5.57. The molecule has 5 rings (SSSR count). The average Bonchev–Trinajstić information content (AvgIpc) is 3.24. The largest absolute Gasteiger partial charge is 0.493 e. The predicted octanol–water partition coefficient (Wildman–Crippen LogP) is 2.45. The Balaban J connectivity index is 1.17. The number of para-hydroxylation sites is 1. The first kappa shape index (κ1) is 18.3. The van der Waals surface area contributed by atoms with Gasteiger partial charge in [-0.25, -0.2) is 9.97 Å². The highest BCUT2D eigenvalue weighted by atomic mass is 32.1. The van der Waals surface area contributed by atoms with E-state index in [0.29, 0.717) is 13.2 Å². The molecule has 4 heterocycles. The molecule has 2 aliphatic heterocycles. The Labute approximate surface area is 173 Å². The maximum Gasteiger partial charge on any atom is 0.234 e. The van der Waals surface area contributed by atoms with Crippen molar-refractivity contribution in [1.82, 2.24) is 20.2 Å². The highest BCUT2D eigenvalue weighted by Gasteiger charge is 2.25. The predicted molar refractivity (Wildman–Crippen MR) is 114 cm³/mol. The number of carbonyl (C=O) groups is 1. The summed E-state index contributed by atoms with van der Waals surface area (Å²) >= 11 is 1.64. The number of ether oxygens (including phenoxy) is 1. The molecule has 1 atom stereocenters. The number of carbonyl (C=O) groups excluding carboxylic acids is 1. The van der Waals surface area contributed by atoms with Crippen LogP contribution in [0, 0.1) is 0 Å². The third kappa shape index (κ3) is 3.77. The number of benzene rings is 1. The molecular formula is C21H23N5O2S. The molecule has 2 aliphatic rings. The molecule has 7 nitrogen and oxygen atoms in total. The zero-order valence-corrected chi connectivity index (χ0v) is 16.9. The van der Waals surface area contributed by atoms with Crippen LogP contribution >= 0.6 is 11.3 Å². The molecule has 1 unspecified atom stereocenters. The number of hydrogen-bond donors (Lipinski definition) is 1. The summed E-state index contributed by atoms with van der Waals surface area (Å²) in [6.07, 6.45) is 2.45. The van der Waals surface area contributed by atoms with Gasteiger partial charge in [0, 0.05) is 38.2 Å².